The third-order valence-corrected chi connectivity index (χ3v) is 4.63. The summed E-state index contributed by atoms with van der Waals surface area (Å²) in [5, 5.41) is 15.4. The number of anilines is 3. The molecule has 0 saturated heterocycles. The number of hydrogen-bond acceptors (Lipinski definition) is 3. The fraction of sp³-hybridized carbons (Fsp3) is 0.300. The molecule has 2 unspecified atom stereocenters. The van der Waals surface area contributed by atoms with E-state index in [2.05, 4.69) is 10.6 Å². The van der Waals surface area contributed by atoms with Crippen LogP contribution in [0, 0.1) is 11.8 Å². The zero-order chi connectivity index (χ0) is 17.6. The minimum Gasteiger partial charge on any atom is -0.481 e. The molecule has 1 aliphatic rings. The molecule has 1 fully saturated rings. The molecular weight excluding hydrogens is 316 g/mol. The van der Waals surface area contributed by atoms with Crippen molar-refractivity contribution in [2.45, 2.75) is 25.7 Å². The Morgan fingerprint density at radius 1 is 0.800 bits per heavy atom. The molecule has 1 amide bonds. The fourth-order valence-corrected chi connectivity index (χ4v) is 3.30. The molecule has 5 nitrogen and oxygen atoms in total. The summed E-state index contributed by atoms with van der Waals surface area (Å²) in [6.07, 6.45) is 2.99. The van der Waals surface area contributed by atoms with E-state index in [1.807, 2.05) is 54.6 Å². The van der Waals surface area contributed by atoms with Gasteiger partial charge in [-0.3, -0.25) is 9.59 Å². The van der Waals surface area contributed by atoms with Crippen LogP contribution in [0.2, 0.25) is 0 Å². The van der Waals surface area contributed by atoms with E-state index in [1.165, 1.54) is 0 Å². The topological polar surface area (TPSA) is 78.4 Å². The molecule has 0 aromatic heterocycles. The Balaban J connectivity index is 1.62. The van der Waals surface area contributed by atoms with Crippen molar-refractivity contribution in [3.8, 4) is 0 Å². The second-order valence-corrected chi connectivity index (χ2v) is 6.39. The number of amides is 1. The van der Waals surface area contributed by atoms with E-state index in [0.29, 0.717) is 18.5 Å². The van der Waals surface area contributed by atoms with Gasteiger partial charge in [-0.1, -0.05) is 31.0 Å². The number of hydrogen-bond donors (Lipinski definition) is 3. The minimum absolute atomic E-state index is 0.198. The van der Waals surface area contributed by atoms with Crippen molar-refractivity contribution < 1.29 is 14.7 Å². The molecule has 2 aromatic carbocycles. The van der Waals surface area contributed by atoms with Crippen LogP contribution in [0.5, 0.6) is 0 Å². The van der Waals surface area contributed by atoms with Gasteiger partial charge in [0.2, 0.25) is 5.91 Å². The van der Waals surface area contributed by atoms with Crippen LogP contribution in [0.25, 0.3) is 0 Å². The Hall–Kier alpha value is -2.82. The van der Waals surface area contributed by atoms with E-state index in [-0.39, 0.29) is 5.91 Å². The summed E-state index contributed by atoms with van der Waals surface area (Å²) >= 11 is 0. The molecule has 0 radical (unpaired) electrons. The first-order valence-electron chi connectivity index (χ1n) is 8.59. The van der Waals surface area contributed by atoms with Gasteiger partial charge in [0.05, 0.1) is 11.8 Å². The molecule has 25 heavy (non-hydrogen) atoms. The van der Waals surface area contributed by atoms with Gasteiger partial charge in [0.15, 0.2) is 0 Å². The van der Waals surface area contributed by atoms with Gasteiger partial charge in [0.1, 0.15) is 0 Å². The maximum Gasteiger partial charge on any atom is 0.307 e. The quantitative estimate of drug-likeness (QED) is 0.761. The number of aliphatic carboxylic acids is 1. The van der Waals surface area contributed by atoms with Crippen LogP contribution in [-0.4, -0.2) is 17.0 Å². The molecule has 0 heterocycles. The third-order valence-electron chi connectivity index (χ3n) is 4.63. The number of carbonyl (C=O) groups excluding carboxylic acids is 1. The van der Waals surface area contributed by atoms with Crippen molar-refractivity contribution in [2.24, 2.45) is 11.8 Å². The average molecular weight is 338 g/mol. The summed E-state index contributed by atoms with van der Waals surface area (Å²) in [6, 6.07) is 17.2. The molecular formula is C20H22N2O3. The predicted molar refractivity (Wildman–Crippen MR) is 97.9 cm³/mol. The molecule has 1 aliphatic carbocycles. The highest BCUT2D eigenvalue weighted by Gasteiger charge is 2.35. The Bertz CT molecular complexity index is 728. The number of carbonyl (C=O) groups is 2. The zero-order valence-corrected chi connectivity index (χ0v) is 13.9. The highest BCUT2D eigenvalue weighted by Crippen LogP contribution is 2.31. The lowest BCUT2D eigenvalue weighted by atomic mass is 9.78. The Labute approximate surface area is 147 Å². The summed E-state index contributed by atoms with van der Waals surface area (Å²) in [5.41, 5.74) is 2.59. The molecule has 130 valence electrons. The highest BCUT2D eigenvalue weighted by atomic mass is 16.4. The van der Waals surface area contributed by atoms with Crippen molar-refractivity contribution in [1.82, 2.24) is 0 Å². The van der Waals surface area contributed by atoms with E-state index in [1.54, 1.807) is 0 Å². The maximum atomic E-state index is 12.5. The first-order valence-corrected chi connectivity index (χ1v) is 8.59. The van der Waals surface area contributed by atoms with Gasteiger partial charge in [0, 0.05) is 17.1 Å². The number of carboxylic acids is 1. The summed E-state index contributed by atoms with van der Waals surface area (Å²) in [4.78, 5) is 23.8. The van der Waals surface area contributed by atoms with Gasteiger partial charge < -0.3 is 15.7 Å². The number of carboxylic acid groups (broad SMARTS) is 1. The van der Waals surface area contributed by atoms with Gasteiger partial charge in [-0.2, -0.15) is 0 Å². The average Bonchev–Trinajstić information content (AvgIpc) is 2.64. The standard InChI is InChI=1S/C20H22N2O3/c23-19(17-8-4-5-9-18(17)20(24)25)22-16-12-10-15(11-13-16)21-14-6-2-1-3-7-14/h1-3,6-7,10-13,17-18,21H,4-5,8-9H2,(H,22,23)(H,24,25). The van der Waals surface area contributed by atoms with Crippen LogP contribution >= 0.6 is 0 Å². The van der Waals surface area contributed by atoms with Crippen LogP contribution < -0.4 is 10.6 Å². The smallest absolute Gasteiger partial charge is 0.307 e. The highest BCUT2D eigenvalue weighted by molar-refractivity contribution is 5.95. The zero-order valence-electron chi connectivity index (χ0n) is 13.9. The maximum absolute atomic E-state index is 12.5. The van der Waals surface area contributed by atoms with Gasteiger partial charge in [0.25, 0.3) is 0 Å². The van der Waals surface area contributed by atoms with Crippen molar-refractivity contribution >= 4 is 28.9 Å². The number of rotatable bonds is 5. The summed E-state index contributed by atoms with van der Waals surface area (Å²) in [6.45, 7) is 0. The number of para-hydroxylation sites is 1. The van der Waals surface area contributed by atoms with Gasteiger partial charge >= 0.3 is 5.97 Å². The monoisotopic (exact) mass is 338 g/mol. The lowest BCUT2D eigenvalue weighted by Crippen LogP contribution is -2.36. The molecule has 5 heteroatoms. The minimum atomic E-state index is -0.873. The van der Waals surface area contributed by atoms with Crippen LogP contribution in [0.1, 0.15) is 25.7 Å². The molecule has 3 N–H and O–H groups in total. The Morgan fingerprint density at radius 3 is 2.00 bits per heavy atom. The number of nitrogens with one attached hydrogen (secondary N) is 2. The summed E-state index contributed by atoms with van der Waals surface area (Å²) in [7, 11) is 0. The molecule has 2 atom stereocenters. The van der Waals surface area contributed by atoms with Crippen molar-refractivity contribution in [3.63, 3.8) is 0 Å². The lowest BCUT2D eigenvalue weighted by Gasteiger charge is -2.27. The summed E-state index contributed by atoms with van der Waals surface area (Å²) in [5.74, 6) is -2.10. The van der Waals surface area contributed by atoms with E-state index < -0.39 is 17.8 Å². The lowest BCUT2D eigenvalue weighted by molar-refractivity contribution is -0.147. The largest absolute Gasteiger partial charge is 0.481 e. The van der Waals surface area contributed by atoms with Gasteiger partial charge in [-0.05, 0) is 49.2 Å². The number of benzene rings is 2. The molecule has 2 aromatic rings. The predicted octanol–water partition coefficient (Wildman–Crippen LogP) is 4.26. The van der Waals surface area contributed by atoms with Crippen molar-refractivity contribution in [2.75, 3.05) is 10.6 Å². The van der Waals surface area contributed by atoms with E-state index in [9.17, 15) is 14.7 Å². The van der Waals surface area contributed by atoms with E-state index in [4.69, 9.17) is 0 Å². The SMILES string of the molecule is O=C(O)C1CCCCC1C(=O)Nc1ccc(Nc2ccccc2)cc1. The fourth-order valence-electron chi connectivity index (χ4n) is 3.30. The summed E-state index contributed by atoms with van der Waals surface area (Å²) < 4.78 is 0. The van der Waals surface area contributed by atoms with Crippen LogP contribution in [0.15, 0.2) is 54.6 Å². The van der Waals surface area contributed by atoms with Crippen LogP contribution in [0.3, 0.4) is 0 Å². The normalized spacial score (nSPS) is 19.8. The van der Waals surface area contributed by atoms with E-state index >= 15 is 0 Å². The van der Waals surface area contributed by atoms with Gasteiger partial charge in [-0.25, -0.2) is 0 Å². The van der Waals surface area contributed by atoms with Crippen molar-refractivity contribution in [3.05, 3.63) is 54.6 Å². The Morgan fingerprint density at radius 2 is 1.36 bits per heavy atom. The molecule has 3 rings (SSSR count). The Kier molecular flexibility index (Phi) is 5.33. The van der Waals surface area contributed by atoms with Crippen molar-refractivity contribution in [1.29, 1.82) is 0 Å². The molecule has 0 aliphatic heterocycles. The molecule has 1 saturated carbocycles. The first kappa shape index (κ1) is 17.0. The second-order valence-electron chi connectivity index (χ2n) is 6.39. The molecule has 0 spiro atoms. The van der Waals surface area contributed by atoms with Crippen LogP contribution in [0.4, 0.5) is 17.1 Å². The van der Waals surface area contributed by atoms with Gasteiger partial charge in [-0.15, -0.1) is 0 Å². The second kappa shape index (κ2) is 7.83. The van der Waals surface area contributed by atoms with E-state index in [0.717, 1.165) is 24.2 Å². The molecule has 0 bridgehead atoms. The third kappa shape index (κ3) is 4.38. The first-order chi connectivity index (χ1) is 12.1. The van der Waals surface area contributed by atoms with Crippen LogP contribution in [-0.2, 0) is 9.59 Å².